The minimum absolute atomic E-state index is 0.211. The smallest absolute Gasteiger partial charge is 0.278 e. The maximum atomic E-state index is 12.8. The van der Waals surface area contributed by atoms with E-state index in [2.05, 4.69) is 20.6 Å². The third kappa shape index (κ3) is 3.64. The van der Waals surface area contributed by atoms with Gasteiger partial charge in [0.25, 0.3) is 5.91 Å². The average molecular weight is 440 g/mol. The molecule has 6 nitrogen and oxygen atoms in total. The molecule has 2 aromatic heterocycles. The summed E-state index contributed by atoms with van der Waals surface area (Å²) in [7, 11) is 0. The minimum Gasteiger partial charge on any atom is -0.321 e. The second-order valence-electron chi connectivity index (χ2n) is 6.97. The quantitative estimate of drug-likeness (QED) is 0.453. The third-order valence-corrected chi connectivity index (χ3v) is 5.61. The van der Waals surface area contributed by atoms with Crippen molar-refractivity contribution in [1.29, 1.82) is 0 Å². The lowest BCUT2D eigenvalue weighted by Crippen LogP contribution is -2.18. The summed E-state index contributed by atoms with van der Waals surface area (Å²) >= 11 is 12.1. The highest BCUT2D eigenvalue weighted by Crippen LogP contribution is 2.29. The number of benzene rings is 2. The van der Waals surface area contributed by atoms with Gasteiger partial charge in [-0.3, -0.25) is 4.79 Å². The number of aromatic nitrogens is 4. The zero-order valence-corrected chi connectivity index (χ0v) is 18.2. The normalized spacial score (nSPS) is 11.1. The van der Waals surface area contributed by atoms with Crippen LogP contribution in [0, 0.1) is 13.8 Å². The van der Waals surface area contributed by atoms with Crippen LogP contribution < -0.4 is 5.32 Å². The summed E-state index contributed by atoms with van der Waals surface area (Å²) in [5, 5.41) is 17.4. The standard InChI is InChI=1S/C22H19Cl2N5O/c1-4-18-19(14-5-7-15(23)8-6-14)21-27-26-20(13(3)29(21)28-18)22(30)25-16-9-10-17(24)12(2)11-16/h5-11H,4H2,1-3H3,(H,25,30). The molecule has 1 N–H and O–H groups in total. The van der Waals surface area contributed by atoms with Crippen LogP contribution in [0.25, 0.3) is 16.8 Å². The first-order chi connectivity index (χ1) is 14.4. The molecule has 2 aromatic carbocycles. The Hall–Kier alpha value is -2.96. The zero-order valence-electron chi connectivity index (χ0n) is 16.7. The molecule has 0 spiro atoms. The van der Waals surface area contributed by atoms with Crippen molar-refractivity contribution in [2.45, 2.75) is 27.2 Å². The Bertz CT molecular complexity index is 1260. The van der Waals surface area contributed by atoms with Crippen LogP contribution in [0.1, 0.15) is 34.4 Å². The summed E-state index contributed by atoms with van der Waals surface area (Å²) in [6.45, 7) is 5.71. The Balaban J connectivity index is 1.76. The molecule has 0 radical (unpaired) electrons. The summed E-state index contributed by atoms with van der Waals surface area (Å²) in [6.07, 6.45) is 0.715. The van der Waals surface area contributed by atoms with Gasteiger partial charge in [-0.2, -0.15) is 5.10 Å². The van der Waals surface area contributed by atoms with Gasteiger partial charge in [0.1, 0.15) is 0 Å². The lowest BCUT2D eigenvalue weighted by molar-refractivity contribution is 0.102. The Kier molecular flexibility index (Phi) is 5.45. The number of hydrogen-bond donors (Lipinski definition) is 1. The Morgan fingerprint density at radius 3 is 2.47 bits per heavy atom. The summed E-state index contributed by atoms with van der Waals surface area (Å²) in [5.41, 5.74) is 5.66. The van der Waals surface area contributed by atoms with Crippen molar-refractivity contribution in [1.82, 2.24) is 19.8 Å². The molecule has 4 rings (SSSR count). The van der Waals surface area contributed by atoms with Gasteiger partial charge in [-0.25, -0.2) is 4.52 Å². The molecule has 0 fully saturated rings. The number of rotatable bonds is 4. The molecular weight excluding hydrogens is 421 g/mol. The molecule has 0 aliphatic rings. The van der Waals surface area contributed by atoms with E-state index in [-0.39, 0.29) is 11.6 Å². The molecule has 0 unspecified atom stereocenters. The molecule has 0 bridgehead atoms. The Morgan fingerprint density at radius 2 is 1.80 bits per heavy atom. The van der Waals surface area contributed by atoms with Crippen LogP contribution in [0.5, 0.6) is 0 Å². The van der Waals surface area contributed by atoms with Crippen LogP contribution >= 0.6 is 23.2 Å². The highest BCUT2D eigenvalue weighted by Gasteiger charge is 2.21. The fourth-order valence-electron chi connectivity index (χ4n) is 3.33. The van der Waals surface area contributed by atoms with E-state index in [0.717, 1.165) is 22.4 Å². The van der Waals surface area contributed by atoms with E-state index in [1.807, 2.05) is 51.1 Å². The van der Waals surface area contributed by atoms with Crippen molar-refractivity contribution in [2.75, 3.05) is 5.32 Å². The van der Waals surface area contributed by atoms with Crippen molar-refractivity contribution < 1.29 is 4.79 Å². The highest BCUT2D eigenvalue weighted by molar-refractivity contribution is 6.31. The van der Waals surface area contributed by atoms with E-state index >= 15 is 0 Å². The first-order valence-electron chi connectivity index (χ1n) is 9.47. The fraction of sp³-hybridized carbons (Fsp3) is 0.182. The van der Waals surface area contributed by atoms with Crippen LogP contribution in [0.3, 0.4) is 0 Å². The van der Waals surface area contributed by atoms with Crippen molar-refractivity contribution >= 4 is 40.4 Å². The number of fused-ring (bicyclic) bond motifs is 1. The van der Waals surface area contributed by atoms with E-state index in [4.69, 9.17) is 23.2 Å². The van der Waals surface area contributed by atoms with Gasteiger partial charge in [0.05, 0.1) is 17.0 Å². The van der Waals surface area contributed by atoms with E-state index in [1.165, 1.54) is 0 Å². The largest absolute Gasteiger partial charge is 0.321 e. The monoisotopic (exact) mass is 439 g/mol. The van der Waals surface area contributed by atoms with Gasteiger partial charge in [0.15, 0.2) is 11.3 Å². The molecule has 152 valence electrons. The van der Waals surface area contributed by atoms with Crippen LogP contribution in [-0.4, -0.2) is 25.7 Å². The fourth-order valence-corrected chi connectivity index (χ4v) is 3.58. The van der Waals surface area contributed by atoms with Crippen molar-refractivity contribution in [2.24, 2.45) is 0 Å². The van der Waals surface area contributed by atoms with E-state index in [1.54, 1.807) is 16.6 Å². The van der Waals surface area contributed by atoms with Crippen molar-refractivity contribution in [3.63, 3.8) is 0 Å². The van der Waals surface area contributed by atoms with Crippen LogP contribution in [0.4, 0.5) is 5.69 Å². The van der Waals surface area contributed by atoms with Gasteiger partial charge < -0.3 is 5.32 Å². The number of carbonyl (C=O) groups excluding carboxylic acids is 1. The third-order valence-electron chi connectivity index (χ3n) is 4.94. The van der Waals surface area contributed by atoms with E-state index in [0.29, 0.717) is 33.5 Å². The zero-order chi connectivity index (χ0) is 21.4. The Morgan fingerprint density at radius 1 is 1.07 bits per heavy atom. The van der Waals surface area contributed by atoms with Crippen molar-refractivity contribution in [3.8, 4) is 11.1 Å². The lowest BCUT2D eigenvalue weighted by atomic mass is 10.0. The molecule has 2 heterocycles. The van der Waals surface area contributed by atoms with Gasteiger partial charge in [-0.1, -0.05) is 42.3 Å². The summed E-state index contributed by atoms with van der Waals surface area (Å²) in [5.74, 6) is -0.356. The van der Waals surface area contributed by atoms with Crippen molar-refractivity contribution in [3.05, 3.63) is 75.2 Å². The molecule has 30 heavy (non-hydrogen) atoms. The van der Waals surface area contributed by atoms with E-state index in [9.17, 15) is 4.79 Å². The molecule has 8 heteroatoms. The molecule has 0 aliphatic heterocycles. The average Bonchev–Trinajstić information content (AvgIpc) is 3.11. The number of halogens is 2. The number of hydrogen-bond acceptors (Lipinski definition) is 4. The van der Waals surface area contributed by atoms with Gasteiger partial charge in [0, 0.05) is 15.7 Å². The van der Waals surface area contributed by atoms with Gasteiger partial charge in [-0.15, -0.1) is 10.2 Å². The van der Waals surface area contributed by atoms with Crippen LogP contribution in [-0.2, 0) is 6.42 Å². The molecular formula is C22H19Cl2N5O. The molecule has 0 atom stereocenters. The summed E-state index contributed by atoms with van der Waals surface area (Å²) in [6, 6.07) is 12.8. The van der Waals surface area contributed by atoms with E-state index < -0.39 is 0 Å². The lowest BCUT2D eigenvalue weighted by Gasteiger charge is -2.09. The molecule has 4 aromatic rings. The minimum atomic E-state index is -0.356. The SMILES string of the molecule is CCc1nn2c(C)c(C(=O)Nc3ccc(Cl)c(C)c3)nnc2c1-c1ccc(Cl)cc1. The molecule has 0 saturated carbocycles. The number of nitrogens with zero attached hydrogens (tertiary/aromatic N) is 4. The number of anilines is 1. The second kappa shape index (κ2) is 8.05. The van der Waals surface area contributed by atoms with Gasteiger partial charge in [-0.05, 0) is 61.7 Å². The highest BCUT2D eigenvalue weighted by atomic mass is 35.5. The summed E-state index contributed by atoms with van der Waals surface area (Å²) in [4.78, 5) is 12.8. The number of aryl methyl sites for hydroxylation is 3. The topological polar surface area (TPSA) is 72.2 Å². The predicted molar refractivity (Wildman–Crippen MR) is 119 cm³/mol. The Labute approximate surface area is 183 Å². The molecule has 0 aliphatic carbocycles. The number of carbonyl (C=O) groups is 1. The predicted octanol–water partition coefficient (Wildman–Crippen LogP) is 5.53. The summed E-state index contributed by atoms with van der Waals surface area (Å²) < 4.78 is 1.68. The first kappa shape index (κ1) is 20.3. The van der Waals surface area contributed by atoms with Gasteiger partial charge >= 0.3 is 0 Å². The second-order valence-corrected chi connectivity index (χ2v) is 7.81. The maximum absolute atomic E-state index is 12.8. The number of nitrogens with one attached hydrogen (secondary N) is 1. The molecule has 1 amide bonds. The van der Waals surface area contributed by atoms with Gasteiger partial charge in [0.2, 0.25) is 0 Å². The van der Waals surface area contributed by atoms with Crippen LogP contribution in [0.2, 0.25) is 10.0 Å². The first-order valence-corrected chi connectivity index (χ1v) is 10.2. The maximum Gasteiger partial charge on any atom is 0.278 e. The molecule has 0 saturated heterocycles. The van der Waals surface area contributed by atoms with Crippen LogP contribution in [0.15, 0.2) is 42.5 Å². The number of amides is 1.